The van der Waals surface area contributed by atoms with Gasteiger partial charge in [0.2, 0.25) is 0 Å². The molecule has 1 heterocycles. The summed E-state index contributed by atoms with van der Waals surface area (Å²) in [6, 6.07) is 14.2. The van der Waals surface area contributed by atoms with E-state index >= 15 is 0 Å². The number of aliphatic hydroxyl groups excluding tert-OH is 1. The lowest BCUT2D eigenvalue weighted by atomic mass is 10.3. The zero-order chi connectivity index (χ0) is 16.9. The van der Waals surface area contributed by atoms with Gasteiger partial charge >= 0.3 is 0 Å². The van der Waals surface area contributed by atoms with Gasteiger partial charge in [0.25, 0.3) is 0 Å². The molecule has 1 atom stereocenters. The Morgan fingerprint density at radius 3 is 2.75 bits per heavy atom. The molecule has 0 aliphatic heterocycles. The third-order valence-corrected chi connectivity index (χ3v) is 4.55. The van der Waals surface area contributed by atoms with E-state index in [0.717, 1.165) is 15.2 Å². The molecule has 0 fully saturated rings. The third kappa shape index (κ3) is 4.29. The van der Waals surface area contributed by atoms with Gasteiger partial charge in [0.1, 0.15) is 17.7 Å². The highest BCUT2D eigenvalue weighted by atomic mass is 32.1. The molecule has 0 bridgehead atoms. The maximum Gasteiger partial charge on any atom is 0.165 e. The third-order valence-electron chi connectivity index (χ3n) is 3.53. The predicted molar refractivity (Wildman–Crippen MR) is 93.9 cm³/mol. The Bertz CT molecular complexity index is 775. The molecule has 0 saturated heterocycles. The molecule has 126 valence electrons. The number of likely N-dealkylation sites (N-methyl/N-ethyl adjacent to an activating group) is 1. The first kappa shape index (κ1) is 16.8. The summed E-state index contributed by atoms with van der Waals surface area (Å²) in [5.74, 6) is -0.266. The first-order valence-electron chi connectivity index (χ1n) is 7.70. The van der Waals surface area contributed by atoms with E-state index in [9.17, 15) is 9.50 Å². The molecule has 0 aliphatic carbocycles. The molecular formula is C18H19FN2O2S. The summed E-state index contributed by atoms with van der Waals surface area (Å²) in [7, 11) is 1.92. The molecule has 1 aromatic heterocycles. The summed E-state index contributed by atoms with van der Waals surface area (Å²) in [5, 5.41) is 11.1. The van der Waals surface area contributed by atoms with Crippen LogP contribution in [0.2, 0.25) is 0 Å². The summed E-state index contributed by atoms with van der Waals surface area (Å²) >= 11 is 1.65. The minimum absolute atomic E-state index is 0.0467. The molecular weight excluding hydrogens is 327 g/mol. The number of ether oxygens (including phenoxy) is 1. The Morgan fingerprint density at radius 1 is 1.21 bits per heavy atom. The van der Waals surface area contributed by atoms with E-state index in [1.165, 1.54) is 6.07 Å². The van der Waals surface area contributed by atoms with Crippen LogP contribution in [0.25, 0.3) is 10.2 Å². The first-order valence-corrected chi connectivity index (χ1v) is 8.52. The van der Waals surface area contributed by atoms with Gasteiger partial charge in [-0.1, -0.05) is 24.3 Å². The maximum absolute atomic E-state index is 13.5. The van der Waals surface area contributed by atoms with Crippen molar-refractivity contribution in [1.82, 2.24) is 9.88 Å². The van der Waals surface area contributed by atoms with Crippen molar-refractivity contribution in [2.45, 2.75) is 12.6 Å². The molecule has 0 amide bonds. The highest BCUT2D eigenvalue weighted by molar-refractivity contribution is 7.18. The first-order chi connectivity index (χ1) is 11.6. The number of hydrogen-bond donors (Lipinski definition) is 1. The van der Waals surface area contributed by atoms with E-state index in [4.69, 9.17) is 4.74 Å². The van der Waals surface area contributed by atoms with Crippen LogP contribution in [0.15, 0.2) is 48.5 Å². The van der Waals surface area contributed by atoms with Crippen LogP contribution < -0.4 is 4.74 Å². The molecule has 0 spiro atoms. The second-order valence-corrected chi connectivity index (χ2v) is 6.78. The van der Waals surface area contributed by atoms with Crippen molar-refractivity contribution in [1.29, 1.82) is 0 Å². The minimum atomic E-state index is -0.705. The topological polar surface area (TPSA) is 45.6 Å². The Labute approximate surface area is 144 Å². The molecule has 2 aromatic carbocycles. The Balaban J connectivity index is 1.50. The van der Waals surface area contributed by atoms with Gasteiger partial charge in [-0.15, -0.1) is 11.3 Å². The number of hydrogen-bond acceptors (Lipinski definition) is 5. The smallest absolute Gasteiger partial charge is 0.165 e. The van der Waals surface area contributed by atoms with Crippen LogP contribution in [-0.4, -0.2) is 41.3 Å². The van der Waals surface area contributed by atoms with Crippen molar-refractivity contribution >= 4 is 21.6 Å². The van der Waals surface area contributed by atoms with Crippen LogP contribution >= 0.6 is 11.3 Å². The molecule has 3 rings (SSSR count). The van der Waals surface area contributed by atoms with Crippen LogP contribution in [0, 0.1) is 5.82 Å². The highest BCUT2D eigenvalue weighted by Gasteiger charge is 2.13. The molecule has 0 aliphatic rings. The van der Waals surface area contributed by atoms with Gasteiger partial charge in [-0.2, -0.15) is 0 Å². The van der Waals surface area contributed by atoms with Crippen molar-refractivity contribution in [3.63, 3.8) is 0 Å². The monoisotopic (exact) mass is 346 g/mol. The fourth-order valence-corrected chi connectivity index (χ4v) is 3.49. The molecule has 0 saturated carbocycles. The fourth-order valence-electron chi connectivity index (χ4n) is 2.44. The standard InChI is InChI=1S/C18H19FN2O2S/c1-21(11-18-20-15-7-3-5-9-17(15)24-18)10-13(22)12-23-16-8-4-2-6-14(16)19/h2-9,13,22H,10-12H2,1H3. The number of rotatable bonds is 7. The molecule has 4 nitrogen and oxygen atoms in total. The molecule has 3 aromatic rings. The van der Waals surface area contributed by atoms with Crippen molar-refractivity contribution in [2.75, 3.05) is 20.2 Å². The van der Waals surface area contributed by atoms with E-state index in [0.29, 0.717) is 13.1 Å². The molecule has 24 heavy (non-hydrogen) atoms. The van der Waals surface area contributed by atoms with E-state index in [2.05, 4.69) is 4.98 Å². The van der Waals surface area contributed by atoms with Gasteiger partial charge in [-0.3, -0.25) is 4.90 Å². The van der Waals surface area contributed by atoms with Gasteiger partial charge in [-0.25, -0.2) is 9.37 Å². The number of aliphatic hydroxyl groups is 1. The van der Waals surface area contributed by atoms with Crippen LogP contribution in [0.5, 0.6) is 5.75 Å². The van der Waals surface area contributed by atoms with E-state index in [1.54, 1.807) is 29.5 Å². The highest BCUT2D eigenvalue weighted by Crippen LogP contribution is 2.22. The average molecular weight is 346 g/mol. The maximum atomic E-state index is 13.5. The predicted octanol–water partition coefficient (Wildman–Crippen LogP) is 3.31. The van der Waals surface area contributed by atoms with Gasteiger partial charge in [-0.05, 0) is 31.3 Å². The van der Waals surface area contributed by atoms with Gasteiger partial charge < -0.3 is 9.84 Å². The number of nitrogens with zero attached hydrogens (tertiary/aromatic N) is 2. The minimum Gasteiger partial charge on any atom is -0.488 e. The number of thiazole rings is 1. The van der Waals surface area contributed by atoms with Gasteiger partial charge in [0, 0.05) is 6.54 Å². The number of halogens is 1. The largest absolute Gasteiger partial charge is 0.488 e. The Kier molecular flexibility index (Phi) is 5.40. The van der Waals surface area contributed by atoms with E-state index in [1.807, 2.05) is 36.2 Å². The molecule has 1 N–H and O–H groups in total. The van der Waals surface area contributed by atoms with Crippen molar-refractivity contribution in [2.24, 2.45) is 0 Å². The summed E-state index contributed by atoms with van der Waals surface area (Å²) in [4.78, 5) is 6.56. The molecule has 6 heteroatoms. The number of fused-ring (bicyclic) bond motifs is 1. The van der Waals surface area contributed by atoms with Gasteiger partial charge in [0.05, 0.1) is 16.8 Å². The van der Waals surface area contributed by atoms with E-state index in [-0.39, 0.29) is 12.4 Å². The lowest BCUT2D eigenvalue weighted by Gasteiger charge is -2.19. The summed E-state index contributed by atoms with van der Waals surface area (Å²) in [6.45, 7) is 1.12. The second-order valence-electron chi connectivity index (χ2n) is 5.67. The summed E-state index contributed by atoms with van der Waals surface area (Å²) in [6.07, 6.45) is -0.705. The zero-order valence-corrected chi connectivity index (χ0v) is 14.2. The number of para-hydroxylation sites is 2. The van der Waals surface area contributed by atoms with Crippen LogP contribution in [0.1, 0.15) is 5.01 Å². The molecule has 0 radical (unpaired) electrons. The summed E-state index contributed by atoms with van der Waals surface area (Å²) in [5.41, 5.74) is 0.995. The Morgan fingerprint density at radius 2 is 1.96 bits per heavy atom. The zero-order valence-electron chi connectivity index (χ0n) is 13.4. The second kappa shape index (κ2) is 7.70. The van der Waals surface area contributed by atoms with Crippen LogP contribution in [0.4, 0.5) is 4.39 Å². The summed E-state index contributed by atoms with van der Waals surface area (Å²) < 4.78 is 20.0. The van der Waals surface area contributed by atoms with Crippen LogP contribution in [-0.2, 0) is 6.54 Å². The average Bonchev–Trinajstić information content (AvgIpc) is 2.96. The molecule has 1 unspecified atom stereocenters. The van der Waals surface area contributed by atoms with Crippen molar-refractivity contribution < 1.29 is 14.2 Å². The van der Waals surface area contributed by atoms with Crippen LogP contribution in [0.3, 0.4) is 0 Å². The quantitative estimate of drug-likeness (QED) is 0.713. The fraction of sp³-hybridized carbons (Fsp3) is 0.278. The van der Waals surface area contributed by atoms with Crippen molar-refractivity contribution in [3.05, 3.63) is 59.4 Å². The Hall–Kier alpha value is -2.02. The number of benzene rings is 2. The van der Waals surface area contributed by atoms with E-state index < -0.39 is 11.9 Å². The van der Waals surface area contributed by atoms with Gasteiger partial charge in [0.15, 0.2) is 11.6 Å². The number of aromatic nitrogens is 1. The SMILES string of the molecule is CN(Cc1nc2ccccc2s1)CC(O)COc1ccccc1F. The van der Waals surface area contributed by atoms with Crippen molar-refractivity contribution in [3.8, 4) is 5.75 Å². The normalized spacial score (nSPS) is 12.7. The lowest BCUT2D eigenvalue weighted by molar-refractivity contribution is 0.0728. The lowest BCUT2D eigenvalue weighted by Crippen LogP contribution is -2.32.